The molecule has 1 N–H and O–H groups in total. The highest BCUT2D eigenvalue weighted by molar-refractivity contribution is 9.10. The summed E-state index contributed by atoms with van der Waals surface area (Å²) >= 11 is 5.12. The minimum atomic E-state index is -0.304. The standard InChI is InChI=1S/C23H24BrN7OS/c1-13-28-29-21(33-13)15-4-6-16(7-5-15)31-20-17(19(24)30-31)12-26-18(27-20)10-14-8-9-23(2,11-14)22(32)25-3/h4-7,12,14H,8-11H2,1-3H3,(H,25,32). The molecular formula is C23H24BrN7OS. The van der Waals surface area contributed by atoms with Crippen molar-refractivity contribution < 1.29 is 4.79 Å². The molecule has 1 aliphatic carbocycles. The molecule has 1 aliphatic rings. The molecule has 0 saturated heterocycles. The lowest BCUT2D eigenvalue weighted by molar-refractivity contribution is -0.129. The van der Waals surface area contributed by atoms with Crippen molar-refractivity contribution in [2.75, 3.05) is 7.05 Å². The van der Waals surface area contributed by atoms with Crippen molar-refractivity contribution in [3.8, 4) is 16.3 Å². The maximum atomic E-state index is 12.3. The third-order valence-electron chi connectivity index (χ3n) is 6.40. The van der Waals surface area contributed by atoms with Gasteiger partial charge in [-0.2, -0.15) is 5.10 Å². The molecule has 1 fully saturated rings. The van der Waals surface area contributed by atoms with Crippen molar-refractivity contribution in [1.29, 1.82) is 0 Å². The number of benzene rings is 1. The molecule has 0 radical (unpaired) electrons. The highest BCUT2D eigenvalue weighted by Gasteiger charge is 2.40. The molecule has 8 nitrogen and oxygen atoms in total. The number of amides is 1. The molecule has 1 aromatic carbocycles. The second-order valence-electron chi connectivity index (χ2n) is 8.85. The fourth-order valence-electron chi connectivity index (χ4n) is 4.65. The van der Waals surface area contributed by atoms with Gasteiger partial charge in [-0.05, 0) is 72.3 Å². The predicted molar refractivity (Wildman–Crippen MR) is 131 cm³/mol. The van der Waals surface area contributed by atoms with E-state index in [-0.39, 0.29) is 11.3 Å². The zero-order valence-electron chi connectivity index (χ0n) is 18.7. The molecule has 170 valence electrons. The fourth-order valence-corrected chi connectivity index (χ4v) is 5.78. The van der Waals surface area contributed by atoms with Gasteiger partial charge in [-0.15, -0.1) is 10.2 Å². The Morgan fingerprint density at radius 3 is 2.79 bits per heavy atom. The molecule has 4 aromatic rings. The first-order valence-corrected chi connectivity index (χ1v) is 12.5. The Bertz CT molecular complexity index is 1330. The van der Waals surface area contributed by atoms with Gasteiger partial charge in [-0.1, -0.05) is 18.3 Å². The Morgan fingerprint density at radius 2 is 2.09 bits per heavy atom. The molecule has 10 heteroatoms. The third kappa shape index (κ3) is 4.17. The molecule has 2 unspecified atom stereocenters. The van der Waals surface area contributed by atoms with Crippen LogP contribution in [0.1, 0.15) is 37.0 Å². The van der Waals surface area contributed by atoms with Crippen molar-refractivity contribution >= 4 is 44.2 Å². The number of aromatic nitrogens is 6. The van der Waals surface area contributed by atoms with Crippen molar-refractivity contribution in [2.24, 2.45) is 11.3 Å². The van der Waals surface area contributed by atoms with Gasteiger partial charge in [0.2, 0.25) is 5.91 Å². The summed E-state index contributed by atoms with van der Waals surface area (Å²) in [5.41, 5.74) is 2.39. The van der Waals surface area contributed by atoms with Gasteiger partial charge in [0, 0.05) is 30.6 Å². The topological polar surface area (TPSA) is 98.5 Å². The first-order chi connectivity index (χ1) is 15.9. The van der Waals surface area contributed by atoms with E-state index in [4.69, 9.17) is 4.98 Å². The van der Waals surface area contributed by atoms with E-state index in [2.05, 4.69) is 48.5 Å². The summed E-state index contributed by atoms with van der Waals surface area (Å²) in [5.74, 6) is 1.29. The van der Waals surface area contributed by atoms with Crippen LogP contribution in [-0.4, -0.2) is 42.9 Å². The van der Waals surface area contributed by atoms with E-state index in [1.165, 1.54) is 0 Å². The van der Waals surface area contributed by atoms with Crippen LogP contribution >= 0.6 is 27.3 Å². The van der Waals surface area contributed by atoms with Gasteiger partial charge in [0.25, 0.3) is 0 Å². The number of rotatable bonds is 5. The number of aryl methyl sites for hydroxylation is 1. The second kappa shape index (κ2) is 8.57. The number of carbonyl (C=O) groups is 1. The summed E-state index contributed by atoms with van der Waals surface area (Å²) in [4.78, 5) is 21.7. The maximum absolute atomic E-state index is 12.3. The highest BCUT2D eigenvalue weighted by atomic mass is 79.9. The SMILES string of the molecule is CNC(=O)C1(C)CCC(Cc2ncc3c(Br)nn(-c4ccc(-c5nnc(C)s5)cc4)c3n2)C1. The lowest BCUT2D eigenvalue weighted by Gasteiger charge is -2.21. The number of hydrogen-bond donors (Lipinski definition) is 1. The minimum Gasteiger partial charge on any atom is -0.359 e. The Kier molecular flexibility index (Phi) is 5.74. The molecule has 0 aliphatic heterocycles. The van der Waals surface area contributed by atoms with Gasteiger partial charge in [-0.25, -0.2) is 14.6 Å². The molecule has 1 saturated carbocycles. The maximum Gasteiger partial charge on any atom is 0.225 e. The van der Waals surface area contributed by atoms with Crippen LogP contribution in [0.3, 0.4) is 0 Å². The molecule has 3 heterocycles. The number of nitrogens with zero attached hydrogens (tertiary/aromatic N) is 6. The lowest BCUT2D eigenvalue weighted by atomic mass is 9.86. The van der Waals surface area contributed by atoms with Gasteiger partial charge in [0.05, 0.1) is 11.1 Å². The third-order valence-corrected chi connectivity index (χ3v) is 7.88. The number of carbonyl (C=O) groups excluding carboxylic acids is 1. The van der Waals surface area contributed by atoms with Crippen LogP contribution in [0.25, 0.3) is 27.3 Å². The zero-order chi connectivity index (χ0) is 23.2. The van der Waals surface area contributed by atoms with Gasteiger partial charge in [-0.3, -0.25) is 4.79 Å². The highest BCUT2D eigenvalue weighted by Crippen LogP contribution is 2.42. The number of hydrogen-bond acceptors (Lipinski definition) is 7. The molecule has 3 aromatic heterocycles. The smallest absolute Gasteiger partial charge is 0.225 e. The Balaban J connectivity index is 1.42. The van der Waals surface area contributed by atoms with E-state index in [0.29, 0.717) is 10.5 Å². The van der Waals surface area contributed by atoms with E-state index in [1.807, 2.05) is 42.1 Å². The largest absolute Gasteiger partial charge is 0.359 e. The van der Waals surface area contributed by atoms with Crippen LogP contribution < -0.4 is 5.32 Å². The van der Waals surface area contributed by atoms with Crippen LogP contribution in [0.15, 0.2) is 35.1 Å². The molecule has 33 heavy (non-hydrogen) atoms. The molecule has 5 rings (SSSR count). The Morgan fingerprint density at radius 1 is 1.30 bits per heavy atom. The summed E-state index contributed by atoms with van der Waals surface area (Å²) in [6, 6.07) is 8.07. The van der Waals surface area contributed by atoms with Crippen molar-refractivity contribution in [3.05, 3.63) is 45.9 Å². The summed E-state index contributed by atoms with van der Waals surface area (Å²) in [7, 11) is 1.71. The lowest BCUT2D eigenvalue weighted by Crippen LogP contribution is -2.35. The predicted octanol–water partition coefficient (Wildman–Crippen LogP) is 4.50. The van der Waals surface area contributed by atoms with Crippen LogP contribution in [-0.2, 0) is 11.2 Å². The van der Waals surface area contributed by atoms with E-state index >= 15 is 0 Å². The molecule has 1 amide bonds. The number of halogens is 1. The Hall–Kier alpha value is -2.72. The zero-order valence-corrected chi connectivity index (χ0v) is 21.1. The first kappa shape index (κ1) is 22.1. The van der Waals surface area contributed by atoms with Crippen LogP contribution in [0.5, 0.6) is 0 Å². The summed E-state index contributed by atoms with van der Waals surface area (Å²) in [6.07, 6.45) is 5.32. The van der Waals surface area contributed by atoms with Crippen LogP contribution in [0.2, 0.25) is 0 Å². The van der Waals surface area contributed by atoms with Crippen LogP contribution in [0, 0.1) is 18.3 Å². The van der Waals surface area contributed by atoms with Gasteiger partial charge >= 0.3 is 0 Å². The minimum absolute atomic E-state index is 0.121. The van der Waals surface area contributed by atoms with Gasteiger partial charge in [0.1, 0.15) is 20.4 Å². The number of fused-ring (bicyclic) bond motifs is 1. The van der Waals surface area contributed by atoms with Crippen molar-refractivity contribution in [3.63, 3.8) is 0 Å². The summed E-state index contributed by atoms with van der Waals surface area (Å²) in [6.45, 7) is 4.00. The molecule has 0 bridgehead atoms. The van der Waals surface area contributed by atoms with Gasteiger partial charge in [0.15, 0.2) is 5.65 Å². The average molecular weight is 526 g/mol. The monoisotopic (exact) mass is 525 g/mol. The normalized spacial score (nSPS) is 20.4. The second-order valence-corrected chi connectivity index (χ2v) is 10.8. The van der Waals surface area contributed by atoms with E-state index in [0.717, 1.165) is 63.8 Å². The number of nitrogens with one attached hydrogen (secondary N) is 1. The quantitative estimate of drug-likeness (QED) is 0.411. The fraction of sp³-hybridized carbons (Fsp3) is 0.391. The van der Waals surface area contributed by atoms with E-state index in [1.54, 1.807) is 18.4 Å². The van der Waals surface area contributed by atoms with Gasteiger partial charge < -0.3 is 5.32 Å². The average Bonchev–Trinajstić information content (AvgIpc) is 3.51. The Labute approximate surface area is 204 Å². The first-order valence-electron chi connectivity index (χ1n) is 10.9. The molecule has 2 atom stereocenters. The van der Waals surface area contributed by atoms with Crippen LogP contribution in [0.4, 0.5) is 0 Å². The molecular weight excluding hydrogens is 502 g/mol. The summed E-state index contributed by atoms with van der Waals surface area (Å²) in [5, 5.41) is 18.5. The van der Waals surface area contributed by atoms with Crippen molar-refractivity contribution in [2.45, 2.75) is 39.5 Å². The van der Waals surface area contributed by atoms with E-state index in [9.17, 15) is 4.79 Å². The van der Waals surface area contributed by atoms with E-state index < -0.39 is 0 Å². The summed E-state index contributed by atoms with van der Waals surface area (Å²) < 4.78 is 2.55. The van der Waals surface area contributed by atoms with Crippen molar-refractivity contribution in [1.82, 2.24) is 35.3 Å². The molecule has 0 spiro atoms.